The van der Waals surface area contributed by atoms with Gasteiger partial charge in [0.15, 0.2) is 5.16 Å². The van der Waals surface area contributed by atoms with Crippen LogP contribution in [-0.2, 0) is 0 Å². The van der Waals surface area contributed by atoms with Crippen molar-refractivity contribution in [3.8, 4) is 12.1 Å². The van der Waals surface area contributed by atoms with Crippen molar-refractivity contribution < 1.29 is 0 Å². The van der Waals surface area contributed by atoms with E-state index < -0.39 is 0 Å². The maximum atomic E-state index is 9.06. The lowest BCUT2D eigenvalue weighted by Crippen LogP contribution is -2.02. The van der Waals surface area contributed by atoms with Crippen molar-refractivity contribution in [1.82, 2.24) is 19.6 Å². The molecular weight excluding hydrogens is 272 g/mol. The third-order valence-electron chi connectivity index (χ3n) is 2.86. The second kappa shape index (κ2) is 6.36. The minimum Gasteiger partial charge on any atom is -0.259 e. The number of nitrogens with zero attached hydrogens (tertiary/aromatic N) is 6. The molecule has 0 aliphatic heterocycles. The Bertz CT molecular complexity index is 693. The smallest absolute Gasteiger partial charge is 0.256 e. The monoisotopic (exact) mass is 286 g/mol. The number of thioether (sulfide) groups is 1. The second-order valence-electron chi connectivity index (χ2n) is 4.49. The molecule has 0 aliphatic rings. The average molecular weight is 286 g/mol. The Hall–Kier alpha value is -2.12. The predicted octanol–water partition coefficient (Wildman–Crippen LogP) is 2.28. The van der Waals surface area contributed by atoms with Crippen LogP contribution >= 0.6 is 11.8 Å². The van der Waals surface area contributed by atoms with E-state index in [4.69, 9.17) is 10.5 Å². The molecule has 0 unspecified atom stereocenters. The van der Waals surface area contributed by atoms with Crippen LogP contribution in [0.4, 0.5) is 0 Å². The largest absolute Gasteiger partial charge is 0.259 e. The fraction of sp³-hybridized carbons (Fsp3) is 0.462. The van der Waals surface area contributed by atoms with Crippen LogP contribution in [0.15, 0.2) is 11.2 Å². The van der Waals surface area contributed by atoms with Crippen molar-refractivity contribution in [2.45, 2.75) is 31.8 Å². The van der Waals surface area contributed by atoms with Crippen molar-refractivity contribution in [1.29, 1.82) is 10.5 Å². The minimum absolute atomic E-state index is 0.147. The van der Waals surface area contributed by atoms with E-state index in [1.54, 1.807) is 0 Å². The molecule has 7 heteroatoms. The number of fused-ring (bicyclic) bond motifs is 1. The first-order valence-corrected chi connectivity index (χ1v) is 7.23. The highest BCUT2D eigenvalue weighted by atomic mass is 32.2. The van der Waals surface area contributed by atoms with Gasteiger partial charge in [-0.2, -0.15) is 10.5 Å². The summed E-state index contributed by atoms with van der Waals surface area (Å²) in [5.41, 5.74) is 1.92. The zero-order chi connectivity index (χ0) is 14.5. The van der Waals surface area contributed by atoms with Gasteiger partial charge in [-0.25, -0.2) is 4.98 Å². The van der Waals surface area contributed by atoms with Gasteiger partial charge in [0.1, 0.15) is 0 Å². The standard InChI is InChI=1S/C13H14N6S/c1-9-6-10(2)19-12(16-9)17-18-13(19)20-8-11(7-15)4-3-5-14/h6,11H,3-4,8H2,1-2H3/t11-/m1/s1. The maximum absolute atomic E-state index is 9.06. The number of hydrogen-bond donors (Lipinski definition) is 0. The summed E-state index contributed by atoms with van der Waals surface area (Å²) in [7, 11) is 0. The van der Waals surface area contributed by atoms with Gasteiger partial charge in [0.2, 0.25) is 0 Å². The van der Waals surface area contributed by atoms with Gasteiger partial charge in [0.05, 0.1) is 18.1 Å². The number of aromatic nitrogens is 4. The second-order valence-corrected chi connectivity index (χ2v) is 5.48. The first-order chi connectivity index (χ1) is 9.65. The molecule has 2 rings (SSSR count). The molecule has 0 aromatic carbocycles. The van der Waals surface area contributed by atoms with Crippen LogP contribution in [0.25, 0.3) is 5.78 Å². The molecule has 0 N–H and O–H groups in total. The van der Waals surface area contributed by atoms with E-state index in [0.29, 0.717) is 24.4 Å². The van der Waals surface area contributed by atoms with Crippen LogP contribution in [0.5, 0.6) is 0 Å². The highest BCUT2D eigenvalue weighted by Gasteiger charge is 2.13. The number of rotatable bonds is 5. The van der Waals surface area contributed by atoms with Gasteiger partial charge < -0.3 is 0 Å². The van der Waals surface area contributed by atoms with Crippen LogP contribution in [0.2, 0.25) is 0 Å². The van der Waals surface area contributed by atoms with Gasteiger partial charge >= 0.3 is 0 Å². The van der Waals surface area contributed by atoms with Crippen LogP contribution in [0.3, 0.4) is 0 Å². The molecule has 0 saturated carbocycles. The molecule has 0 radical (unpaired) electrons. The van der Waals surface area contributed by atoms with Crippen LogP contribution in [-0.4, -0.2) is 25.3 Å². The van der Waals surface area contributed by atoms with Gasteiger partial charge in [0, 0.05) is 23.6 Å². The fourth-order valence-corrected chi connectivity index (χ4v) is 2.94. The molecule has 0 amide bonds. The first-order valence-electron chi connectivity index (χ1n) is 6.24. The van der Waals surface area contributed by atoms with E-state index >= 15 is 0 Å². The van der Waals surface area contributed by atoms with Gasteiger partial charge in [-0.05, 0) is 26.3 Å². The molecule has 2 heterocycles. The molecule has 2 aromatic rings. The van der Waals surface area contributed by atoms with E-state index in [9.17, 15) is 0 Å². The van der Waals surface area contributed by atoms with E-state index in [1.165, 1.54) is 11.8 Å². The molecule has 6 nitrogen and oxygen atoms in total. The third kappa shape index (κ3) is 3.06. The lowest BCUT2D eigenvalue weighted by molar-refractivity contribution is 0.683. The predicted molar refractivity (Wildman–Crippen MR) is 74.9 cm³/mol. The Morgan fingerprint density at radius 1 is 1.35 bits per heavy atom. The number of aryl methyl sites for hydroxylation is 2. The molecule has 0 aliphatic carbocycles. The Balaban J connectivity index is 2.15. The highest BCUT2D eigenvalue weighted by molar-refractivity contribution is 7.99. The summed E-state index contributed by atoms with van der Waals surface area (Å²) in [5, 5.41) is 26.5. The van der Waals surface area contributed by atoms with Gasteiger partial charge in [-0.1, -0.05) is 11.8 Å². The fourth-order valence-electron chi connectivity index (χ4n) is 1.89. The van der Waals surface area contributed by atoms with E-state index in [0.717, 1.165) is 16.5 Å². The maximum Gasteiger partial charge on any atom is 0.256 e. The van der Waals surface area contributed by atoms with Crippen LogP contribution in [0.1, 0.15) is 24.2 Å². The minimum atomic E-state index is -0.147. The summed E-state index contributed by atoms with van der Waals surface area (Å²) < 4.78 is 1.89. The highest BCUT2D eigenvalue weighted by Crippen LogP contribution is 2.22. The average Bonchev–Trinajstić information content (AvgIpc) is 2.82. The summed E-state index contributed by atoms with van der Waals surface area (Å²) >= 11 is 1.48. The summed E-state index contributed by atoms with van der Waals surface area (Å²) in [6.45, 7) is 3.90. The molecule has 0 bridgehead atoms. The molecule has 0 saturated heterocycles. The molecular formula is C13H14N6S. The van der Waals surface area contributed by atoms with Crippen molar-refractivity contribution in [2.24, 2.45) is 5.92 Å². The van der Waals surface area contributed by atoms with Crippen LogP contribution in [0, 0.1) is 42.4 Å². The van der Waals surface area contributed by atoms with E-state index in [-0.39, 0.29) is 5.92 Å². The normalized spacial score (nSPS) is 12.0. The molecule has 1 atom stereocenters. The van der Waals surface area contributed by atoms with Gasteiger partial charge in [-0.15, -0.1) is 10.2 Å². The molecule has 0 fully saturated rings. The first kappa shape index (κ1) is 14.3. The Morgan fingerprint density at radius 2 is 2.15 bits per heavy atom. The van der Waals surface area contributed by atoms with Crippen LogP contribution < -0.4 is 0 Å². The third-order valence-corrected chi connectivity index (χ3v) is 3.96. The molecule has 2 aromatic heterocycles. The topological polar surface area (TPSA) is 90.7 Å². The van der Waals surface area contributed by atoms with Crippen molar-refractivity contribution >= 4 is 17.5 Å². The van der Waals surface area contributed by atoms with Gasteiger partial charge in [-0.3, -0.25) is 4.40 Å². The molecule has 20 heavy (non-hydrogen) atoms. The zero-order valence-electron chi connectivity index (χ0n) is 11.4. The molecule has 0 spiro atoms. The zero-order valence-corrected chi connectivity index (χ0v) is 12.2. The van der Waals surface area contributed by atoms with Crippen molar-refractivity contribution in [3.05, 3.63) is 17.5 Å². The summed E-state index contributed by atoms with van der Waals surface area (Å²) in [4.78, 5) is 4.32. The number of nitriles is 2. The summed E-state index contributed by atoms with van der Waals surface area (Å²) in [5.74, 6) is 1.04. The lowest BCUT2D eigenvalue weighted by atomic mass is 10.1. The van der Waals surface area contributed by atoms with E-state index in [2.05, 4.69) is 27.3 Å². The summed E-state index contributed by atoms with van der Waals surface area (Å²) in [6.07, 6.45) is 0.992. The quantitative estimate of drug-likeness (QED) is 0.783. The van der Waals surface area contributed by atoms with E-state index in [1.807, 2.05) is 24.3 Å². The van der Waals surface area contributed by atoms with Crippen molar-refractivity contribution in [3.63, 3.8) is 0 Å². The number of hydrogen-bond acceptors (Lipinski definition) is 6. The Morgan fingerprint density at radius 3 is 2.85 bits per heavy atom. The molecule has 102 valence electrons. The SMILES string of the molecule is Cc1cc(C)n2c(SC[C@@H](C#N)CCC#N)nnc2n1. The van der Waals surface area contributed by atoms with Gasteiger partial charge in [0.25, 0.3) is 5.78 Å². The Labute approximate surface area is 121 Å². The Kier molecular flexibility index (Phi) is 4.54. The lowest BCUT2D eigenvalue weighted by Gasteiger charge is -2.06. The summed E-state index contributed by atoms with van der Waals surface area (Å²) in [6, 6.07) is 6.26. The van der Waals surface area contributed by atoms with Crippen molar-refractivity contribution in [2.75, 3.05) is 5.75 Å².